The van der Waals surface area contributed by atoms with E-state index in [2.05, 4.69) is 16.4 Å². The summed E-state index contributed by atoms with van der Waals surface area (Å²) in [6.07, 6.45) is 3.52. The maximum atomic E-state index is 12.1. The number of hydrogen-bond acceptors (Lipinski definition) is 5. The number of aryl methyl sites for hydroxylation is 1. The lowest BCUT2D eigenvalue weighted by Crippen LogP contribution is -2.15. The monoisotopic (exact) mass is 368 g/mol. The van der Waals surface area contributed by atoms with E-state index in [0.717, 1.165) is 5.39 Å². The van der Waals surface area contributed by atoms with Crippen LogP contribution in [0.1, 0.15) is 12.1 Å². The van der Waals surface area contributed by atoms with Crippen molar-refractivity contribution in [2.24, 2.45) is 11.8 Å². The van der Waals surface area contributed by atoms with Gasteiger partial charge in [-0.25, -0.2) is 14.3 Å². The summed E-state index contributed by atoms with van der Waals surface area (Å²) in [5.41, 5.74) is 1.21. The van der Waals surface area contributed by atoms with E-state index in [1.165, 1.54) is 10.8 Å². The average molecular weight is 369 g/mol. The molecule has 4 rings (SSSR count). The van der Waals surface area contributed by atoms with Crippen molar-refractivity contribution < 1.29 is 9.21 Å². The molecule has 8 heteroatoms. The molecule has 1 amide bonds. The zero-order chi connectivity index (χ0) is 18.4. The average Bonchev–Trinajstić information content (AvgIpc) is 3.33. The number of nitrogens with zero attached hydrogens (tertiary/aromatic N) is 3. The normalized spacial score (nSPS) is 18.5. The summed E-state index contributed by atoms with van der Waals surface area (Å²) in [5, 5.41) is 13.4. The topological polar surface area (TPSA) is 101 Å². The highest BCUT2D eigenvalue weighted by molar-refractivity contribution is 6.35. The molecule has 26 heavy (non-hydrogen) atoms. The molecule has 1 saturated carbocycles. The van der Waals surface area contributed by atoms with Gasteiger partial charge in [0.05, 0.1) is 34.3 Å². The first-order chi connectivity index (χ1) is 12.5. The Morgan fingerprint density at radius 1 is 1.46 bits per heavy atom. The van der Waals surface area contributed by atoms with Crippen molar-refractivity contribution in [2.75, 3.05) is 5.32 Å². The van der Waals surface area contributed by atoms with Crippen LogP contribution in [-0.4, -0.2) is 15.5 Å². The van der Waals surface area contributed by atoms with Crippen LogP contribution in [-0.2, 0) is 4.79 Å². The maximum Gasteiger partial charge on any atom is 0.423 e. The molecular weight excluding hydrogens is 356 g/mol. The number of carbonyl (C=O) groups is 1. The second kappa shape index (κ2) is 6.00. The van der Waals surface area contributed by atoms with Crippen molar-refractivity contribution in [2.45, 2.75) is 13.3 Å². The van der Waals surface area contributed by atoms with Crippen LogP contribution in [0.3, 0.4) is 0 Å². The van der Waals surface area contributed by atoms with Crippen LogP contribution in [0.4, 0.5) is 5.82 Å². The van der Waals surface area contributed by atoms with Gasteiger partial charge in [0.15, 0.2) is 0 Å². The van der Waals surface area contributed by atoms with E-state index in [-0.39, 0.29) is 17.7 Å². The molecular formula is C18H13ClN4O3. The van der Waals surface area contributed by atoms with E-state index in [1.54, 1.807) is 31.3 Å². The summed E-state index contributed by atoms with van der Waals surface area (Å²) in [6, 6.07) is 7.21. The Labute approximate surface area is 152 Å². The van der Waals surface area contributed by atoms with Crippen LogP contribution in [0.5, 0.6) is 0 Å². The number of carbonyl (C=O) groups excluding carboxylic acids is 1. The number of hydrogen-bond donors (Lipinski definition) is 1. The first-order valence-corrected chi connectivity index (χ1v) is 8.33. The molecule has 2 atom stereocenters. The number of benzene rings is 1. The predicted molar refractivity (Wildman–Crippen MR) is 95.2 cm³/mol. The minimum atomic E-state index is -0.503. The maximum absolute atomic E-state index is 12.1. The summed E-state index contributed by atoms with van der Waals surface area (Å²) in [4.78, 5) is 28.2. The molecule has 3 aromatic rings. The molecule has 0 aliphatic heterocycles. The van der Waals surface area contributed by atoms with E-state index in [9.17, 15) is 9.59 Å². The minimum Gasteiger partial charge on any atom is -0.416 e. The molecule has 1 aromatic carbocycles. The number of oxazole rings is 1. The van der Waals surface area contributed by atoms with Crippen molar-refractivity contribution in [1.29, 1.82) is 5.26 Å². The molecule has 130 valence electrons. The van der Waals surface area contributed by atoms with Gasteiger partial charge >= 0.3 is 5.76 Å². The Kier molecular flexibility index (Phi) is 3.78. The molecule has 0 bridgehead atoms. The molecule has 1 unspecified atom stereocenters. The number of fused-ring (bicyclic) bond motifs is 1. The fourth-order valence-corrected chi connectivity index (χ4v) is 3.21. The predicted octanol–water partition coefficient (Wildman–Crippen LogP) is 3.04. The van der Waals surface area contributed by atoms with Crippen molar-refractivity contribution in [3.63, 3.8) is 0 Å². The third-order valence-electron chi connectivity index (χ3n) is 4.44. The first-order valence-electron chi connectivity index (χ1n) is 7.95. The Morgan fingerprint density at radius 2 is 2.27 bits per heavy atom. The van der Waals surface area contributed by atoms with Crippen molar-refractivity contribution >= 4 is 34.1 Å². The quantitative estimate of drug-likeness (QED) is 0.765. The van der Waals surface area contributed by atoms with Gasteiger partial charge in [0.2, 0.25) is 5.91 Å². The second-order valence-corrected chi connectivity index (χ2v) is 6.67. The van der Waals surface area contributed by atoms with Gasteiger partial charge in [-0.1, -0.05) is 11.6 Å². The largest absolute Gasteiger partial charge is 0.423 e. The van der Waals surface area contributed by atoms with Crippen LogP contribution in [0.15, 0.2) is 39.9 Å². The van der Waals surface area contributed by atoms with Gasteiger partial charge in [-0.2, -0.15) is 5.26 Å². The van der Waals surface area contributed by atoms with Crippen LogP contribution in [0, 0.1) is 30.1 Å². The summed E-state index contributed by atoms with van der Waals surface area (Å²) >= 11 is 6.33. The Morgan fingerprint density at radius 3 is 2.92 bits per heavy atom. The number of nitrogens with one attached hydrogen (secondary N) is 1. The number of nitriles is 1. The zero-order valence-corrected chi connectivity index (χ0v) is 14.4. The SMILES string of the molecule is Cc1coc(=O)n1-c1cc(Cl)c2cnc(NC(=O)[C@@H]3CC3C#N)cc2c1. The second-order valence-electron chi connectivity index (χ2n) is 6.26. The molecule has 0 spiro atoms. The van der Waals surface area contributed by atoms with Gasteiger partial charge in [-0.05, 0) is 36.9 Å². The fraction of sp³-hybridized carbons (Fsp3) is 0.222. The highest BCUT2D eigenvalue weighted by Crippen LogP contribution is 2.38. The first kappa shape index (κ1) is 16.4. The summed E-state index contributed by atoms with van der Waals surface area (Å²) in [6.45, 7) is 1.75. The van der Waals surface area contributed by atoms with Gasteiger partial charge in [0.25, 0.3) is 0 Å². The highest BCUT2D eigenvalue weighted by atomic mass is 35.5. The lowest BCUT2D eigenvalue weighted by atomic mass is 10.1. The van der Waals surface area contributed by atoms with Crippen molar-refractivity contribution in [3.05, 3.63) is 51.9 Å². The molecule has 0 saturated heterocycles. The van der Waals surface area contributed by atoms with E-state index >= 15 is 0 Å². The van der Waals surface area contributed by atoms with Crippen LogP contribution in [0.2, 0.25) is 5.02 Å². The highest BCUT2D eigenvalue weighted by Gasteiger charge is 2.43. The summed E-state index contributed by atoms with van der Waals surface area (Å²) < 4.78 is 6.31. The number of rotatable bonds is 3. The fourth-order valence-electron chi connectivity index (χ4n) is 2.94. The number of aromatic nitrogens is 2. The van der Waals surface area contributed by atoms with E-state index in [4.69, 9.17) is 21.3 Å². The number of amides is 1. The molecule has 1 N–H and O–H groups in total. The summed E-state index contributed by atoms with van der Waals surface area (Å²) in [5.74, 6) is -0.841. The number of anilines is 1. The Hall–Kier alpha value is -3.11. The van der Waals surface area contributed by atoms with E-state index < -0.39 is 5.76 Å². The third kappa shape index (κ3) is 2.74. The smallest absolute Gasteiger partial charge is 0.416 e. The molecule has 1 aliphatic carbocycles. The summed E-state index contributed by atoms with van der Waals surface area (Å²) in [7, 11) is 0. The lowest BCUT2D eigenvalue weighted by molar-refractivity contribution is -0.117. The Balaban J connectivity index is 1.72. The van der Waals surface area contributed by atoms with Crippen LogP contribution < -0.4 is 11.1 Å². The van der Waals surface area contributed by atoms with Gasteiger partial charge in [-0.15, -0.1) is 0 Å². The minimum absolute atomic E-state index is 0.215. The molecule has 2 aromatic heterocycles. The lowest BCUT2D eigenvalue weighted by Gasteiger charge is -2.09. The number of halogens is 1. The zero-order valence-electron chi connectivity index (χ0n) is 13.7. The molecule has 1 aliphatic rings. The molecule has 7 nitrogen and oxygen atoms in total. The van der Waals surface area contributed by atoms with Crippen molar-refractivity contribution in [3.8, 4) is 11.8 Å². The van der Waals surface area contributed by atoms with Gasteiger partial charge in [-0.3, -0.25) is 4.79 Å². The third-order valence-corrected chi connectivity index (χ3v) is 4.75. The molecule has 0 radical (unpaired) electrons. The van der Waals surface area contributed by atoms with Gasteiger partial charge in [0, 0.05) is 11.6 Å². The molecule has 2 heterocycles. The van der Waals surface area contributed by atoms with Gasteiger partial charge in [0.1, 0.15) is 12.1 Å². The Bertz CT molecular complexity index is 1140. The van der Waals surface area contributed by atoms with E-state index in [0.29, 0.717) is 34.0 Å². The molecule has 1 fully saturated rings. The van der Waals surface area contributed by atoms with E-state index in [1.807, 2.05) is 0 Å². The van der Waals surface area contributed by atoms with Crippen LogP contribution >= 0.6 is 11.6 Å². The standard InChI is InChI=1S/C18H13ClN4O3/c1-9-8-26-18(25)23(9)12-2-10-4-16(21-7-14(10)15(19)5-12)22-17(24)13-3-11(13)6-20/h2,4-5,7-8,11,13H,3H2,1H3,(H,21,22,24)/t11?,13-/m1/s1. The van der Waals surface area contributed by atoms with Gasteiger partial charge < -0.3 is 9.73 Å². The van der Waals surface area contributed by atoms with Crippen molar-refractivity contribution in [1.82, 2.24) is 9.55 Å². The number of pyridine rings is 1. The van der Waals surface area contributed by atoms with Crippen LogP contribution in [0.25, 0.3) is 16.5 Å².